The fraction of sp³-hybridized carbons (Fsp3) is 0.167. The minimum Gasteiger partial charge on any atom is -0.382 e. The van der Waals surface area contributed by atoms with Gasteiger partial charge in [0.2, 0.25) is 0 Å². The van der Waals surface area contributed by atoms with Gasteiger partial charge in [0.1, 0.15) is 0 Å². The zero-order valence-electron chi connectivity index (χ0n) is 18.8. The van der Waals surface area contributed by atoms with E-state index >= 15 is 0 Å². The number of benzene rings is 4. The maximum Gasteiger partial charge on any atom is 0.534 e. The van der Waals surface area contributed by atoms with Crippen molar-refractivity contribution in [3.8, 4) is 11.5 Å². The van der Waals surface area contributed by atoms with Gasteiger partial charge in [0.25, 0.3) is 0 Å². The van der Waals surface area contributed by atoms with E-state index in [9.17, 15) is 30.0 Å². The van der Waals surface area contributed by atoms with Gasteiger partial charge in [0.05, 0.1) is 6.26 Å². The van der Waals surface area contributed by atoms with Crippen LogP contribution in [0.15, 0.2) is 72.8 Å². The second-order valence-electron chi connectivity index (χ2n) is 7.62. The van der Waals surface area contributed by atoms with Crippen molar-refractivity contribution in [2.24, 2.45) is 0 Å². The van der Waals surface area contributed by atoms with Crippen LogP contribution >= 0.6 is 0 Å². The van der Waals surface area contributed by atoms with E-state index in [4.69, 9.17) is 4.18 Å². The van der Waals surface area contributed by atoms with Gasteiger partial charge in [-0.05, 0) is 47.9 Å². The highest BCUT2D eigenvalue weighted by Gasteiger charge is 2.48. The van der Waals surface area contributed by atoms with Gasteiger partial charge >= 0.3 is 25.7 Å². The van der Waals surface area contributed by atoms with Gasteiger partial charge in [0, 0.05) is 10.8 Å². The van der Waals surface area contributed by atoms with Crippen molar-refractivity contribution in [1.82, 2.24) is 0 Å². The predicted molar refractivity (Wildman–Crippen MR) is 128 cm³/mol. The molecule has 6 nitrogen and oxygen atoms in total. The molecule has 4 rings (SSSR count). The standard InChI is InChI=1S/C12H9F3O6S2.C12H12/c1-22(16,17)20-10-6-2-5-9-8(10)4-3-7-11(9)21-23(18,19)12(13,14)15;1-9-5-3-8-12-10(2)6-4-7-11(9)12/h2-7H,1H3;3-8H,1-2H3. The van der Waals surface area contributed by atoms with Crippen molar-refractivity contribution < 1.29 is 38.4 Å². The first-order chi connectivity index (χ1) is 16.2. The highest BCUT2D eigenvalue weighted by Crippen LogP contribution is 2.35. The van der Waals surface area contributed by atoms with Gasteiger partial charge < -0.3 is 8.37 Å². The van der Waals surface area contributed by atoms with E-state index in [0.29, 0.717) is 0 Å². The molecule has 11 heteroatoms. The van der Waals surface area contributed by atoms with E-state index in [1.807, 2.05) is 0 Å². The van der Waals surface area contributed by atoms with E-state index in [1.54, 1.807) is 0 Å². The Bertz CT molecular complexity index is 1550. The molecule has 0 aliphatic carbocycles. The number of hydrogen-bond donors (Lipinski definition) is 0. The van der Waals surface area contributed by atoms with Crippen LogP contribution < -0.4 is 8.37 Å². The highest BCUT2D eigenvalue weighted by atomic mass is 32.2. The van der Waals surface area contributed by atoms with Crippen molar-refractivity contribution in [3.05, 3.63) is 83.9 Å². The smallest absolute Gasteiger partial charge is 0.382 e. The third kappa shape index (κ3) is 6.23. The van der Waals surface area contributed by atoms with Crippen LogP contribution in [-0.4, -0.2) is 28.6 Å². The van der Waals surface area contributed by atoms with Gasteiger partial charge in [-0.3, -0.25) is 0 Å². The average Bonchev–Trinajstić information content (AvgIpc) is 2.74. The SMILES string of the molecule is CS(=O)(=O)Oc1cccc2c(OS(=O)(=O)C(F)(F)F)cccc12.Cc1cccc2c(C)cccc12. The lowest BCUT2D eigenvalue weighted by Gasteiger charge is -2.12. The second kappa shape index (κ2) is 9.74. The predicted octanol–water partition coefficient (Wildman–Crippen LogP) is 5.86. The fourth-order valence-electron chi connectivity index (χ4n) is 3.35. The third-order valence-corrected chi connectivity index (χ3v) is 6.37. The molecule has 0 N–H and O–H groups in total. The maximum atomic E-state index is 12.4. The molecule has 0 aliphatic heterocycles. The molecular weight excluding hydrogens is 505 g/mol. The number of alkyl halides is 3. The Morgan fingerprint density at radius 2 is 0.971 bits per heavy atom. The summed E-state index contributed by atoms with van der Waals surface area (Å²) < 4.78 is 90.6. The van der Waals surface area contributed by atoms with Crippen LogP contribution in [0.1, 0.15) is 11.1 Å². The molecule has 0 saturated heterocycles. The summed E-state index contributed by atoms with van der Waals surface area (Å²) in [5, 5.41) is 2.77. The van der Waals surface area contributed by atoms with Crippen LogP contribution in [0, 0.1) is 13.8 Å². The van der Waals surface area contributed by atoms with Crippen LogP contribution in [0.25, 0.3) is 21.5 Å². The van der Waals surface area contributed by atoms with Gasteiger partial charge in [-0.1, -0.05) is 60.7 Å². The third-order valence-electron chi connectivity index (χ3n) is 4.92. The van der Waals surface area contributed by atoms with E-state index in [-0.39, 0.29) is 16.5 Å². The molecular formula is C24H21F3O6S2. The first-order valence-electron chi connectivity index (χ1n) is 10.1. The molecule has 4 aromatic rings. The molecule has 0 amide bonds. The zero-order valence-corrected chi connectivity index (χ0v) is 20.5. The lowest BCUT2D eigenvalue weighted by molar-refractivity contribution is -0.0499. The summed E-state index contributed by atoms with van der Waals surface area (Å²) in [6.45, 7) is 4.31. The number of aryl methyl sites for hydroxylation is 2. The Kier molecular flexibility index (Phi) is 7.32. The van der Waals surface area contributed by atoms with Crippen molar-refractivity contribution >= 4 is 41.8 Å². The lowest BCUT2D eigenvalue weighted by atomic mass is 10.0. The number of halogens is 3. The summed E-state index contributed by atoms with van der Waals surface area (Å²) in [4.78, 5) is 0. The lowest BCUT2D eigenvalue weighted by Crippen LogP contribution is -2.28. The molecule has 35 heavy (non-hydrogen) atoms. The summed E-state index contributed by atoms with van der Waals surface area (Å²) in [6.07, 6.45) is 0.792. The molecule has 0 heterocycles. The molecule has 186 valence electrons. The van der Waals surface area contributed by atoms with Crippen molar-refractivity contribution in [2.75, 3.05) is 6.26 Å². The summed E-state index contributed by atoms with van der Waals surface area (Å²) in [7, 11) is -9.73. The molecule has 0 radical (unpaired) electrons. The molecule has 0 fully saturated rings. The van der Waals surface area contributed by atoms with Crippen LogP contribution in [0.4, 0.5) is 13.2 Å². The highest BCUT2D eigenvalue weighted by molar-refractivity contribution is 7.88. The first-order valence-corrected chi connectivity index (χ1v) is 13.3. The van der Waals surface area contributed by atoms with Crippen LogP contribution in [0.3, 0.4) is 0 Å². The summed E-state index contributed by atoms with van der Waals surface area (Å²) in [5.41, 5.74) is -2.87. The largest absolute Gasteiger partial charge is 0.534 e. The topological polar surface area (TPSA) is 86.7 Å². The first kappa shape index (κ1) is 26.3. The van der Waals surface area contributed by atoms with Gasteiger partial charge in [-0.25, -0.2) is 0 Å². The number of fused-ring (bicyclic) bond motifs is 2. The van der Waals surface area contributed by atoms with E-state index in [2.05, 4.69) is 54.4 Å². The molecule has 0 atom stereocenters. The van der Waals surface area contributed by atoms with E-state index < -0.39 is 31.5 Å². The summed E-state index contributed by atoms with van der Waals surface area (Å²) in [5.74, 6) is -0.765. The van der Waals surface area contributed by atoms with Crippen molar-refractivity contribution in [3.63, 3.8) is 0 Å². The number of hydrogen-bond acceptors (Lipinski definition) is 6. The van der Waals surface area contributed by atoms with Crippen molar-refractivity contribution in [1.29, 1.82) is 0 Å². The molecule has 0 saturated carbocycles. The molecule has 4 aromatic carbocycles. The molecule has 0 aliphatic rings. The average molecular weight is 527 g/mol. The van der Waals surface area contributed by atoms with Gasteiger partial charge in [0.15, 0.2) is 11.5 Å². The van der Waals surface area contributed by atoms with Crippen LogP contribution in [-0.2, 0) is 20.2 Å². The van der Waals surface area contributed by atoms with Gasteiger partial charge in [-0.2, -0.15) is 30.0 Å². The quantitative estimate of drug-likeness (QED) is 0.244. The molecule has 0 aromatic heterocycles. The molecule has 0 unspecified atom stereocenters. The van der Waals surface area contributed by atoms with Crippen LogP contribution in [0.5, 0.6) is 11.5 Å². The fourth-order valence-corrected chi connectivity index (χ4v) is 4.30. The Labute approximate surface area is 201 Å². The zero-order chi connectivity index (χ0) is 26.0. The minimum atomic E-state index is -5.85. The van der Waals surface area contributed by atoms with Gasteiger partial charge in [-0.15, -0.1) is 0 Å². The van der Waals surface area contributed by atoms with Crippen molar-refractivity contribution in [2.45, 2.75) is 19.4 Å². The Balaban J connectivity index is 0.000000237. The minimum absolute atomic E-state index is 0.0542. The molecule has 0 bridgehead atoms. The summed E-state index contributed by atoms with van der Waals surface area (Å²) >= 11 is 0. The monoisotopic (exact) mass is 526 g/mol. The van der Waals surface area contributed by atoms with Crippen LogP contribution in [0.2, 0.25) is 0 Å². The summed E-state index contributed by atoms with van der Waals surface area (Å²) in [6, 6.07) is 20.3. The Hall–Kier alpha value is -3.31. The van der Waals surface area contributed by atoms with E-state index in [1.165, 1.54) is 52.2 Å². The second-order valence-corrected chi connectivity index (χ2v) is 10.7. The number of rotatable bonds is 4. The molecule has 0 spiro atoms. The normalized spacial score (nSPS) is 12.2. The Morgan fingerprint density at radius 3 is 1.37 bits per heavy atom. The van der Waals surface area contributed by atoms with E-state index in [0.717, 1.165) is 12.3 Å². The maximum absolute atomic E-state index is 12.4. The Morgan fingerprint density at radius 1 is 0.600 bits per heavy atom.